The number of nitrogens with zero attached hydrogens (tertiary/aromatic N) is 2. The molecule has 0 aliphatic heterocycles. The number of amides is 1. The number of anilines is 1. The van der Waals surface area contributed by atoms with Crippen molar-refractivity contribution < 1.29 is 13.7 Å². The van der Waals surface area contributed by atoms with Gasteiger partial charge in [0.05, 0.1) is 17.5 Å². The van der Waals surface area contributed by atoms with Crippen LogP contribution in [0.2, 0.25) is 0 Å². The topological polar surface area (TPSA) is 92.1 Å². The molecule has 0 spiro atoms. The highest BCUT2D eigenvalue weighted by molar-refractivity contribution is 6.08. The Labute approximate surface area is 126 Å². The van der Waals surface area contributed by atoms with Gasteiger partial charge in [-0.1, -0.05) is 17.3 Å². The van der Waals surface area contributed by atoms with E-state index in [4.69, 9.17) is 14.2 Å². The Bertz CT molecular complexity index is 857. The van der Waals surface area contributed by atoms with Crippen LogP contribution in [0.4, 0.5) is 5.69 Å². The largest absolute Gasteiger partial charge is 0.463 e. The second kappa shape index (κ2) is 5.58. The Morgan fingerprint density at radius 3 is 2.82 bits per heavy atom. The lowest BCUT2D eigenvalue weighted by molar-refractivity contribution is 0.102. The van der Waals surface area contributed by atoms with Gasteiger partial charge in [0.25, 0.3) is 5.91 Å². The van der Waals surface area contributed by atoms with Crippen molar-refractivity contribution in [1.29, 1.82) is 5.26 Å². The van der Waals surface area contributed by atoms with Gasteiger partial charge in [0.2, 0.25) is 0 Å². The summed E-state index contributed by atoms with van der Waals surface area (Å²) in [5.41, 5.74) is 1.42. The minimum Gasteiger partial charge on any atom is -0.463 e. The zero-order chi connectivity index (χ0) is 15.5. The van der Waals surface area contributed by atoms with Gasteiger partial charge in [-0.25, -0.2) is 0 Å². The van der Waals surface area contributed by atoms with Crippen LogP contribution in [0.1, 0.15) is 21.7 Å². The number of para-hydroxylation sites is 1. The lowest BCUT2D eigenvalue weighted by atomic mass is 10.1. The normalized spacial score (nSPS) is 10.2. The van der Waals surface area contributed by atoms with Crippen molar-refractivity contribution in [2.75, 3.05) is 5.32 Å². The van der Waals surface area contributed by atoms with Crippen molar-refractivity contribution in [2.24, 2.45) is 0 Å². The average Bonchev–Trinajstić information content (AvgIpc) is 3.16. The molecule has 0 saturated heterocycles. The molecule has 0 bridgehead atoms. The lowest BCUT2D eigenvalue weighted by Gasteiger charge is -2.06. The molecule has 3 rings (SSSR count). The smallest absolute Gasteiger partial charge is 0.261 e. The van der Waals surface area contributed by atoms with E-state index < -0.39 is 5.91 Å². The predicted octanol–water partition coefficient (Wildman–Crippen LogP) is 3.37. The van der Waals surface area contributed by atoms with E-state index in [-0.39, 0.29) is 5.56 Å². The van der Waals surface area contributed by atoms with E-state index in [1.807, 2.05) is 6.07 Å². The molecule has 0 saturated carbocycles. The molecule has 22 heavy (non-hydrogen) atoms. The summed E-state index contributed by atoms with van der Waals surface area (Å²) in [6, 6.07) is 12.2. The van der Waals surface area contributed by atoms with E-state index in [0.717, 1.165) is 0 Å². The molecular formula is C16H11N3O3. The Balaban J connectivity index is 1.97. The third kappa shape index (κ3) is 2.36. The minimum atomic E-state index is -0.409. The maximum atomic E-state index is 12.5. The van der Waals surface area contributed by atoms with Gasteiger partial charge in [0.1, 0.15) is 17.4 Å². The summed E-state index contributed by atoms with van der Waals surface area (Å²) in [5, 5.41) is 15.6. The van der Waals surface area contributed by atoms with Gasteiger partial charge in [-0.3, -0.25) is 4.79 Å². The minimum absolute atomic E-state index is 0.280. The van der Waals surface area contributed by atoms with Crippen molar-refractivity contribution in [3.05, 3.63) is 59.5 Å². The predicted molar refractivity (Wildman–Crippen MR) is 78.1 cm³/mol. The number of hydrogen-bond donors (Lipinski definition) is 1. The molecule has 0 atom stereocenters. The second-order valence-corrected chi connectivity index (χ2v) is 4.55. The Morgan fingerprint density at radius 1 is 1.27 bits per heavy atom. The number of aryl methyl sites for hydroxylation is 1. The summed E-state index contributed by atoms with van der Waals surface area (Å²) in [6.45, 7) is 1.64. The van der Waals surface area contributed by atoms with Gasteiger partial charge < -0.3 is 14.3 Å². The number of nitriles is 1. The summed E-state index contributed by atoms with van der Waals surface area (Å²) in [4.78, 5) is 12.5. The quantitative estimate of drug-likeness (QED) is 0.799. The van der Waals surface area contributed by atoms with Gasteiger partial charge in [0.15, 0.2) is 11.5 Å². The van der Waals surface area contributed by atoms with Crippen molar-refractivity contribution in [2.45, 2.75) is 6.92 Å². The standard InChI is InChI=1S/C16H11N3O3/c1-10-14(15(19-22-10)13-7-4-8-21-13)16(20)18-12-6-3-2-5-11(12)9-17/h2-8H,1H3,(H,18,20). The Hall–Kier alpha value is -3.33. The number of carbonyl (C=O) groups is 1. The second-order valence-electron chi connectivity index (χ2n) is 4.55. The molecule has 108 valence electrons. The summed E-state index contributed by atoms with van der Waals surface area (Å²) < 4.78 is 10.4. The monoisotopic (exact) mass is 293 g/mol. The molecule has 2 heterocycles. The zero-order valence-corrected chi connectivity index (χ0v) is 11.7. The summed E-state index contributed by atoms with van der Waals surface area (Å²) >= 11 is 0. The average molecular weight is 293 g/mol. The Morgan fingerprint density at radius 2 is 2.09 bits per heavy atom. The summed E-state index contributed by atoms with van der Waals surface area (Å²) in [6.07, 6.45) is 1.49. The molecule has 1 N–H and O–H groups in total. The van der Waals surface area contributed by atoms with Crippen molar-refractivity contribution in [3.63, 3.8) is 0 Å². The highest BCUT2D eigenvalue weighted by Gasteiger charge is 2.23. The van der Waals surface area contributed by atoms with E-state index in [2.05, 4.69) is 10.5 Å². The van der Waals surface area contributed by atoms with Gasteiger partial charge >= 0.3 is 0 Å². The zero-order valence-electron chi connectivity index (χ0n) is 11.7. The third-order valence-electron chi connectivity index (χ3n) is 3.14. The number of nitrogens with one attached hydrogen (secondary N) is 1. The van der Waals surface area contributed by atoms with Crippen molar-refractivity contribution in [1.82, 2.24) is 5.16 Å². The van der Waals surface area contributed by atoms with Crippen LogP contribution < -0.4 is 5.32 Å². The van der Waals surface area contributed by atoms with E-state index >= 15 is 0 Å². The van der Waals surface area contributed by atoms with E-state index in [0.29, 0.717) is 28.5 Å². The number of carbonyl (C=O) groups excluding carboxylic acids is 1. The van der Waals surface area contributed by atoms with E-state index in [1.165, 1.54) is 6.26 Å². The number of aromatic nitrogens is 1. The first-order valence-corrected chi connectivity index (χ1v) is 6.51. The van der Waals surface area contributed by atoms with Crippen LogP contribution in [-0.2, 0) is 0 Å². The number of hydrogen-bond acceptors (Lipinski definition) is 5. The van der Waals surface area contributed by atoms with Crippen molar-refractivity contribution >= 4 is 11.6 Å². The van der Waals surface area contributed by atoms with Crippen LogP contribution in [0.3, 0.4) is 0 Å². The van der Waals surface area contributed by atoms with Crippen LogP contribution >= 0.6 is 0 Å². The molecule has 0 unspecified atom stereocenters. The molecule has 1 aromatic carbocycles. The maximum Gasteiger partial charge on any atom is 0.261 e. The first-order chi connectivity index (χ1) is 10.7. The molecule has 6 heteroatoms. The maximum absolute atomic E-state index is 12.5. The van der Waals surface area contributed by atoms with Crippen LogP contribution in [0.15, 0.2) is 51.6 Å². The first-order valence-electron chi connectivity index (χ1n) is 6.51. The third-order valence-corrected chi connectivity index (χ3v) is 3.14. The first kappa shape index (κ1) is 13.6. The summed E-state index contributed by atoms with van der Waals surface area (Å²) in [7, 11) is 0. The van der Waals surface area contributed by atoms with Crippen LogP contribution in [0.25, 0.3) is 11.5 Å². The SMILES string of the molecule is Cc1onc(-c2ccco2)c1C(=O)Nc1ccccc1C#N. The molecule has 0 radical (unpaired) electrons. The molecule has 0 aliphatic carbocycles. The van der Waals surface area contributed by atoms with Gasteiger partial charge in [0, 0.05) is 0 Å². The van der Waals surface area contributed by atoms with Crippen LogP contribution in [0.5, 0.6) is 0 Å². The number of rotatable bonds is 3. The Kier molecular flexibility index (Phi) is 3.46. The fourth-order valence-electron chi connectivity index (χ4n) is 2.10. The number of benzene rings is 1. The highest BCUT2D eigenvalue weighted by atomic mass is 16.5. The molecule has 6 nitrogen and oxygen atoms in total. The number of furan rings is 1. The fourth-order valence-corrected chi connectivity index (χ4v) is 2.10. The fraction of sp³-hybridized carbons (Fsp3) is 0.0625. The van der Waals surface area contributed by atoms with Gasteiger partial charge in [-0.05, 0) is 31.2 Å². The molecule has 0 fully saturated rings. The molecule has 2 aromatic heterocycles. The van der Waals surface area contributed by atoms with Crippen LogP contribution in [0, 0.1) is 18.3 Å². The van der Waals surface area contributed by atoms with Gasteiger partial charge in [-0.15, -0.1) is 0 Å². The molecular weight excluding hydrogens is 282 g/mol. The van der Waals surface area contributed by atoms with E-state index in [1.54, 1.807) is 43.3 Å². The highest BCUT2D eigenvalue weighted by Crippen LogP contribution is 2.26. The molecule has 1 amide bonds. The van der Waals surface area contributed by atoms with E-state index in [9.17, 15) is 4.79 Å². The lowest BCUT2D eigenvalue weighted by Crippen LogP contribution is -2.14. The summed E-state index contributed by atoms with van der Waals surface area (Å²) in [5.74, 6) is 0.404. The molecule has 3 aromatic rings. The van der Waals surface area contributed by atoms with Crippen molar-refractivity contribution in [3.8, 4) is 17.5 Å². The van der Waals surface area contributed by atoms with Crippen LogP contribution in [-0.4, -0.2) is 11.1 Å². The molecule has 0 aliphatic rings. The van der Waals surface area contributed by atoms with Gasteiger partial charge in [-0.2, -0.15) is 5.26 Å².